The van der Waals surface area contributed by atoms with Crippen LogP contribution >= 0.6 is 24.8 Å². The number of rotatable bonds is 6. The molecule has 2 saturated heterocycles. The van der Waals surface area contributed by atoms with Gasteiger partial charge in [0.05, 0.1) is 33.5 Å². The Morgan fingerprint density at radius 2 is 1.70 bits per heavy atom. The molecule has 182 valence electrons. The van der Waals surface area contributed by atoms with Crippen molar-refractivity contribution in [1.82, 2.24) is 9.80 Å². The lowest BCUT2D eigenvalue weighted by Crippen LogP contribution is -2.59. The van der Waals surface area contributed by atoms with Crippen LogP contribution in [-0.4, -0.2) is 75.4 Å². The first-order valence-corrected chi connectivity index (χ1v) is 10.5. The van der Waals surface area contributed by atoms with Gasteiger partial charge in [0, 0.05) is 38.3 Å². The number of carbonyl (C=O) groups is 1. The molecule has 10 heteroatoms. The van der Waals surface area contributed by atoms with E-state index in [4.69, 9.17) is 24.7 Å². The van der Waals surface area contributed by atoms with Gasteiger partial charge >= 0.3 is 0 Å². The second-order valence-electron chi connectivity index (χ2n) is 7.67. The van der Waals surface area contributed by atoms with E-state index in [0.717, 1.165) is 25.3 Å². The van der Waals surface area contributed by atoms with Crippen LogP contribution in [0.1, 0.15) is 15.9 Å². The van der Waals surface area contributed by atoms with Crippen molar-refractivity contribution in [2.75, 3.05) is 53.6 Å². The van der Waals surface area contributed by atoms with Crippen LogP contribution in [0.4, 0.5) is 0 Å². The Morgan fingerprint density at radius 1 is 1.00 bits per heavy atom. The summed E-state index contributed by atoms with van der Waals surface area (Å²) in [5.41, 5.74) is 7.22. The number of ether oxygens (including phenoxy) is 4. The fourth-order valence-corrected chi connectivity index (χ4v) is 4.04. The maximum atomic E-state index is 13.1. The normalized spacial score (nSPS) is 17.8. The summed E-state index contributed by atoms with van der Waals surface area (Å²) in [4.78, 5) is 17.4. The van der Waals surface area contributed by atoms with E-state index in [9.17, 15) is 4.79 Å². The molecule has 0 radical (unpaired) electrons. The highest BCUT2D eigenvalue weighted by molar-refractivity contribution is 5.95. The first-order valence-electron chi connectivity index (χ1n) is 10.5. The van der Waals surface area contributed by atoms with Crippen molar-refractivity contribution in [1.29, 1.82) is 0 Å². The van der Waals surface area contributed by atoms with Gasteiger partial charge in [-0.1, -0.05) is 6.07 Å². The van der Waals surface area contributed by atoms with Gasteiger partial charge in [-0.3, -0.25) is 9.69 Å². The Labute approximate surface area is 206 Å². The van der Waals surface area contributed by atoms with Crippen LogP contribution in [0.5, 0.6) is 23.0 Å². The third kappa shape index (κ3) is 6.02. The molecule has 2 aromatic rings. The molecule has 0 bridgehead atoms. The van der Waals surface area contributed by atoms with E-state index < -0.39 is 0 Å². The molecule has 2 aliphatic heterocycles. The minimum absolute atomic E-state index is 0. The van der Waals surface area contributed by atoms with E-state index in [-0.39, 0.29) is 36.8 Å². The lowest BCUT2D eigenvalue weighted by molar-refractivity contribution is -0.0395. The number of fused-ring (bicyclic) bond motifs is 1. The first kappa shape index (κ1) is 27.0. The summed E-state index contributed by atoms with van der Waals surface area (Å²) >= 11 is 0. The van der Waals surface area contributed by atoms with Gasteiger partial charge < -0.3 is 29.6 Å². The molecule has 2 aromatic carbocycles. The predicted molar refractivity (Wildman–Crippen MR) is 131 cm³/mol. The highest BCUT2D eigenvalue weighted by Gasteiger charge is 2.32. The molecule has 2 N–H and O–H groups in total. The molecule has 33 heavy (non-hydrogen) atoms. The Balaban J connectivity index is 0.00000193. The molecule has 2 fully saturated rings. The van der Waals surface area contributed by atoms with Gasteiger partial charge in [0.15, 0.2) is 23.0 Å². The van der Waals surface area contributed by atoms with Crippen molar-refractivity contribution in [3.8, 4) is 23.0 Å². The second-order valence-corrected chi connectivity index (χ2v) is 7.67. The summed E-state index contributed by atoms with van der Waals surface area (Å²) in [5.74, 6) is 2.10. The summed E-state index contributed by atoms with van der Waals surface area (Å²) in [6, 6.07) is 11.0. The Kier molecular flexibility index (Phi) is 10.1. The summed E-state index contributed by atoms with van der Waals surface area (Å²) in [5, 5.41) is 0. The van der Waals surface area contributed by atoms with Crippen molar-refractivity contribution < 1.29 is 23.7 Å². The number of hydrogen-bond acceptors (Lipinski definition) is 7. The number of benzene rings is 2. The van der Waals surface area contributed by atoms with E-state index in [1.165, 1.54) is 0 Å². The summed E-state index contributed by atoms with van der Waals surface area (Å²) in [6.07, 6.45) is 0. The minimum Gasteiger partial charge on any atom is -0.493 e. The predicted octanol–water partition coefficient (Wildman–Crippen LogP) is 2.96. The highest BCUT2D eigenvalue weighted by atomic mass is 35.5. The topological polar surface area (TPSA) is 86.5 Å². The van der Waals surface area contributed by atoms with E-state index in [1.807, 2.05) is 23.1 Å². The van der Waals surface area contributed by atoms with Gasteiger partial charge in [-0.25, -0.2) is 0 Å². The van der Waals surface area contributed by atoms with E-state index in [2.05, 4.69) is 4.90 Å². The second kappa shape index (κ2) is 12.3. The molecule has 1 atom stereocenters. The van der Waals surface area contributed by atoms with Crippen LogP contribution in [0.2, 0.25) is 0 Å². The Morgan fingerprint density at radius 3 is 2.39 bits per heavy atom. The van der Waals surface area contributed by atoms with Crippen LogP contribution < -0.4 is 19.9 Å². The monoisotopic (exact) mass is 499 g/mol. The number of methoxy groups -OCH3 is 2. The quantitative estimate of drug-likeness (QED) is 0.653. The number of nitrogens with two attached hydrogens (primary N) is 1. The maximum absolute atomic E-state index is 13.1. The molecule has 0 spiro atoms. The average Bonchev–Trinajstić information content (AvgIpc) is 2.83. The van der Waals surface area contributed by atoms with Crippen LogP contribution in [0.15, 0.2) is 36.4 Å². The molecule has 0 saturated carbocycles. The van der Waals surface area contributed by atoms with E-state index in [1.54, 1.807) is 32.4 Å². The molecule has 1 amide bonds. The van der Waals surface area contributed by atoms with Gasteiger partial charge in [-0.05, 0) is 35.9 Å². The van der Waals surface area contributed by atoms with Crippen molar-refractivity contribution >= 4 is 30.7 Å². The van der Waals surface area contributed by atoms with E-state index in [0.29, 0.717) is 54.8 Å². The van der Waals surface area contributed by atoms with Crippen molar-refractivity contribution in [2.24, 2.45) is 5.73 Å². The molecule has 0 aromatic heterocycles. The van der Waals surface area contributed by atoms with Crippen LogP contribution in [0, 0.1) is 0 Å². The first-order chi connectivity index (χ1) is 15.1. The number of nitrogens with zero attached hydrogens (tertiary/aromatic N) is 2. The van der Waals surface area contributed by atoms with Crippen molar-refractivity contribution in [3.63, 3.8) is 0 Å². The smallest absolute Gasteiger partial charge is 0.254 e. The average molecular weight is 500 g/mol. The molecular formula is C23H31Cl2N3O5. The molecule has 4 rings (SSSR count). The standard InChI is InChI=1S/C23H29N3O5.2ClH/c1-28-21-11-16(13-24)3-5-19(21)31-20-6-4-17(12-22(20)29-2)23(27)26-8-7-25-9-10-30-15-18(25)14-26;;/h3-6,11-12,18H,7-10,13-15,24H2,1-2H3;2*1H. The number of halogens is 2. The summed E-state index contributed by atoms with van der Waals surface area (Å²) in [7, 11) is 3.14. The summed E-state index contributed by atoms with van der Waals surface area (Å²) in [6.45, 7) is 5.04. The van der Waals surface area contributed by atoms with Gasteiger partial charge in [0.2, 0.25) is 0 Å². The van der Waals surface area contributed by atoms with Gasteiger partial charge in [-0.2, -0.15) is 0 Å². The highest BCUT2D eigenvalue weighted by Crippen LogP contribution is 2.37. The van der Waals surface area contributed by atoms with Gasteiger partial charge in [0.25, 0.3) is 5.91 Å². The van der Waals surface area contributed by atoms with Crippen LogP contribution in [0.3, 0.4) is 0 Å². The zero-order valence-corrected chi connectivity index (χ0v) is 20.5. The molecule has 2 heterocycles. The zero-order chi connectivity index (χ0) is 21.8. The maximum Gasteiger partial charge on any atom is 0.254 e. The fourth-order valence-electron chi connectivity index (χ4n) is 4.04. The van der Waals surface area contributed by atoms with Crippen molar-refractivity contribution in [2.45, 2.75) is 12.6 Å². The van der Waals surface area contributed by atoms with Gasteiger partial charge in [-0.15, -0.1) is 24.8 Å². The number of hydrogen-bond donors (Lipinski definition) is 1. The molecule has 8 nitrogen and oxygen atoms in total. The van der Waals surface area contributed by atoms with Crippen molar-refractivity contribution in [3.05, 3.63) is 47.5 Å². The van der Waals surface area contributed by atoms with Gasteiger partial charge in [0.1, 0.15) is 0 Å². The molecule has 1 unspecified atom stereocenters. The van der Waals surface area contributed by atoms with E-state index >= 15 is 0 Å². The number of amides is 1. The molecule has 0 aliphatic carbocycles. The third-order valence-electron chi connectivity index (χ3n) is 5.82. The minimum atomic E-state index is -0.0139. The number of morpholine rings is 1. The van der Waals surface area contributed by atoms with Crippen LogP contribution in [-0.2, 0) is 11.3 Å². The number of piperazine rings is 1. The number of carbonyl (C=O) groups excluding carboxylic acids is 1. The molecular weight excluding hydrogens is 469 g/mol. The summed E-state index contributed by atoms with van der Waals surface area (Å²) < 4.78 is 22.6. The third-order valence-corrected chi connectivity index (χ3v) is 5.82. The fraction of sp³-hybridized carbons (Fsp3) is 0.435. The van der Waals surface area contributed by atoms with Crippen LogP contribution in [0.25, 0.3) is 0 Å². The lowest BCUT2D eigenvalue weighted by Gasteiger charge is -2.43. The Hall–Kier alpha value is -2.23. The lowest BCUT2D eigenvalue weighted by atomic mass is 10.1. The molecule has 2 aliphatic rings. The zero-order valence-electron chi connectivity index (χ0n) is 18.8. The Bertz CT molecular complexity index is 946. The largest absolute Gasteiger partial charge is 0.493 e. The SMILES string of the molecule is COc1cc(CN)ccc1Oc1ccc(C(=O)N2CCN3CCOCC3C2)cc1OC.Cl.Cl.